The van der Waals surface area contributed by atoms with Crippen molar-refractivity contribution in [2.45, 2.75) is 5.92 Å². The van der Waals surface area contributed by atoms with E-state index in [2.05, 4.69) is 15.4 Å². The maximum absolute atomic E-state index is 13.2. The van der Waals surface area contributed by atoms with Crippen LogP contribution >= 0.6 is 0 Å². The Hall–Kier alpha value is -3.26. The van der Waals surface area contributed by atoms with Crippen LogP contribution in [0.4, 0.5) is 0 Å². The van der Waals surface area contributed by atoms with Crippen molar-refractivity contribution in [3.05, 3.63) is 59.7 Å². The Labute approximate surface area is 167 Å². The van der Waals surface area contributed by atoms with Crippen molar-refractivity contribution in [1.29, 1.82) is 0 Å². The smallest absolute Gasteiger partial charge is 0.253 e. The minimum Gasteiger partial charge on any atom is -0.493 e. The van der Waals surface area contributed by atoms with E-state index in [0.29, 0.717) is 31.1 Å². The Morgan fingerprint density at radius 2 is 2.03 bits per heavy atom. The summed E-state index contributed by atoms with van der Waals surface area (Å²) in [4.78, 5) is 16.4. The molecule has 3 heterocycles. The second-order valence-electron chi connectivity index (χ2n) is 7.77. The average molecular weight is 391 g/mol. The van der Waals surface area contributed by atoms with Crippen molar-refractivity contribution in [2.75, 3.05) is 26.3 Å². The van der Waals surface area contributed by atoms with Gasteiger partial charge in [-0.2, -0.15) is 4.80 Å². The fourth-order valence-electron chi connectivity index (χ4n) is 4.37. The van der Waals surface area contributed by atoms with Gasteiger partial charge in [-0.3, -0.25) is 4.79 Å². The lowest BCUT2D eigenvalue weighted by Crippen LogP contribution is -2.42. The number of ether oxygens (including phenoxy) is 1. The van der Waals surface area contributed by atoms with E-state index < -0.39 is 5.41 Å². The normalized spacial score (nSPS) is 22.7. The van der Waals surface area contributed by atoms with Crippen LogP contribution < -0.4 is 4.74 Å². The van der Waals surface area contributed by atoms with E-state index in [9.17, 15) is 9.90 Å². The van der Waals surface area contributed by atoms with E-state index in [1.165, 1.54) is 4.80 Å². The Morgan fingerprint density at radius 1 is 1.24 bits per heavy atom. The summed E-state index contributed by atoms with van der Waals surface area (Å²) >= 11 is 0. The van der Waals surface area contributed by atoms with Crippen LogP contribution in [-0.4, -0.2) is 62.4 Å². The largest absolute Gasteiger partial charge is 0.493 e. The van der Waals surface area contributed by atoms with E-state index >= 15 is 0 Å². The van der Waals surface area contributed by atoms with Gasteiger partial charge in [0.25, 0.3) is 5.91 Å². The third-order valence-electron chi connectivity index (χ3n) is 5.96. The minimum absolute atomic E-state index is 0.0208. The van der Waals surface area contributed by atoms with Gasteiger partial charge in [0, 0.05) is 30.1 Å². The molecule has 1 amide bonds. The number of hydrogen-bond acceptors (Lipinski definition) is 6. The lowest BCUT2D eigenvalue weighted by Gasteiger charge is -2.37. The van der Waals surface area contributed by atoms with Gasteiger partial charge < -0.3 is 14.7 Å². The molecule has 0 spiro atoms. The Kier molecular flexibility index (Phi) is 4.09. The van der Waals surface area contributed by atoms with Crippen LogP contribution in [-0.2, 0) is 7.05 Å². The number of benzene rings is 2. The fourth-order valence-corrected chi connectivity index (χ4v) is 4.37. The quantitative estimate of drug-likeness (QED) is 0.727. The van der Waals surface area contributed by atoms with Crippen molar-refractivity contribution in [2.24, 2.45) is 12.5 Å². The molecule has 148 valence electrons. The topological polar surface area (TPSA) is 93.4 Å². The SMILES string of the molecule is Cn1nnc(-c2ccc(C(=O)N3CC4c5ccccc5OCC4(CO)C3)cc2)n1. The first-order valence-corrected chi connectivity index (χ1v) is 9.56. The summed E-state index contributed by atoms with van der Waals surface area (Å²) in [5, 5.41) is 22.2. The van der Waals surface area contributed by atoms with Gasteiger partial charge in [-0.05, 0) is 29.0 Å². The van der Waals surface area contributed by atoms with Gasteiger partial charge in [-0.1, -0.05) is 30.3 Å². The van der Waals surface area contributed by atoms with Gasteiger partial charge in [-0.15, -0.1) is 10.2 Å². The predicted molar refractivity (Wildman–Crippen MR) is 104 cm³/mol. The molecule has 2 atom stereocenters. The molecule has 0 bridgehead atoms. The standard InChI is InChI=1S/C21H21N5O3/c1-25-23-19(22-24-25)14-6-8-15(9-7-14)20(28)26-10-17-16-4-2-3-5-18(16)29-13-21(17,11-26)12-27/h2-9,17,27H,10-13H2,1H3. The zero-order valence-corrected chi connectivity index (χ0v) is 16.0. The summed E-state index contributed by atoms with van der Waals surface area (Å²) in [5.41, 5.74) is 2.00. The van der Waals surface area contributed by atoms with Crippen LogP contribution in [0.15, 0.2) is 48.5 Å². The molecule has 2 aromatic carbocycles. The van der Waals surface area contributed by atoms with E-state index in [-0.39, 0.29) is 18.4 Å². The number of likely N-dealkylation sites (tertiary alicyclic amines) is 1. The molecule has 5 rings (SSSR count). The Balaban J connectivity index is 1.40. The number of para-hydroxylation sites is 1. The Morgan fingerprint density at radius 3 is 2.76 bits per heavy atom. The van der Waals surface area contributed by atoms with Gasteiger partial charge >= 0.3 is 0 Å². The van der Waals surface area contributed by atoms with Crippen molar-refractivity contribution in [3.63, 3.8) is 0 Å². The van der Waals surface area contributed by atoms with E-state index in [4.69, 9.17) is 4.74 Å². The monoisotopic (exact) mass is 391 g/mol. The summed E-state index contributed by atoms with van der Waals surface area (Å²) in [6.45, 7) is 1.42. The predicted octanol–water partition coefficient (Wildman–Crippen LogP) is 1.49. The lowest BCUT2D eigenvalue weighted by atomic mass is 9.74. The summed E-state index contributed by atoms with van der Waals surface area (Å²) < 4.78 is 5.91. The zero-order valence-electron chi connectivity index (χ0n) is 16.0. The number of tetrazole rings is 1. The second kappa shape index (κ2) is 6.66. The first-order valence-electron chi connectivity index (χ1n) is 9.56. The average Bonchev–Trinajstić information content (AvgIpc) is 3.38. The number of aliphatic hydroxyl groups is 1. The van der Waals surface area contributed by atoms with Crippen molar-refractivity contribution in [3.8, 4) is 17.1 Å². The second-order valence-corrected chi connectivity index (χ2v) is 7.77. The molecule has 2 aliphatic rings. The molecule has 1 saturated heterocycles. The molecule has 29 heavy (non-hydrogen) atoms. The molecule has 0 saturated carbocycles. The van der Waals surface area contributed by atoms with Crippen LogP contribution in [0.5, 0.6) is 5.75 Å². The number of nitrogens with zero attached hydrogens (tertiary/aromatic N) is 5. The zero-order chi connectivity index (χ0) is 20.0. The molecule has 1 N–H and O–H groups in total. The van der Waals surface area contributed by atoms with Gasteiger partial charge in [0.2, 0.25) is 5.82 Å². The molecule has 1 fully saturated rings. The molecule has 0 radical (unpaired) electrons. The molecular formula is C21H21N5O3. The van der Waals surface area contributed by atoms with Crippen LogP contribution in [0.25, 0.3) is 11.4 Å². The fraction of sp³-hybridized carbons (Fsp3) is 0.333. The van der Waals surface area contributed by atoms with Crippen molar-refractivity contribution in [1.82, 2.24) is 25.1 Å². The molecule has 0 aliphatic carbocycles. The van der Waals surface area contributed by atoms with Crippen LogP contribution in [0.2, 0.25) is 0 Å². The number of aromatic nitrogens is 4. The van der Waals surface area contributed by atoms with Crippen molar-refractivity contribution < 1.29 is 14.6 Å². The maximum Gasteiger partial charge on any atom is 0.253 e. The summed E-state index contributed by atoms with van der Waals surface area (Å²) in [6, 6.07) is 15.1. The van der Waals surface area contributed by atoms with Gasteiger partial charge in [0.1, 0.15) is 5.75 Å². The molecule has 1 aromatic heterocycles. The van der Waals surface area contributed by atoms with E-state index in [0.717, 1.165) is 16.9 Å². The highest BCUT2D eigenvalue weighted by Crippen LogP contribution is 2.49. The van der Waals surface area contributed by atoms with Crippen LogP contribution in [0.1, 0.15) is 21.8 Å². The van der Waals surface area contributed by atoms with Crippen molar-refractivity contribution >= 4 is 5.91 Å². The molecule has 8 heteroatoms. The van der Waals surface area contributed by atoms with Gasteiger partial charge in [0.15, 0.2) is 0 Å². The number of hydrogen-bond donors (Lipinski definition) is 1. The lowest BCUT2D eigenvalue weighted by molar-refractivity contribution is 0.0440. The van der Waals surface area contributed by atoms with Crippen LogP contribution in [0, 0.1) is 5.41 Å². The highest BCUT2D eigenvalue weighted by Gasteiger charge is 2.52. The number of carbonyl (C=O) groups excluding carboxylic acids is 1. The number of amides is 1. The molecule has 8 nitrogen and oxygen atoms in total. The first-order chi connectivity index (χ1) is 14.1. The summed E-state index contributed by atoms with van der Waals surface area (Å²) in [6.07, 6.45) is 0. The molecule has 2 aliphatic heterocycles. The van der Waals surface area contributed by atoms with E-state index in [1.54, 1.807) is 19.2 Å². The highest BCUT2D eigenvalue weighted by atomic mass is 16.5. The maximum atomic E-state index is 13.2. The third-order valence-corrected chi connectivity index (χ3v) is 5.96. The molecular weight excluding hydrogens is 370 g/mol. The summed E-state index contributed by atoms with van der Waals surface area (Å²) in [7, 11) is 1.71. The van der Waals surface area contributed by atoms with Crippen LogP contribution in [0.3, 0.4) is 0 Å². The van der Waals surface area contributed by atoms with E-state index in [1.807, 2.05) is 41.3 Å². The summed E-state index contributed by atoms with van der Waals surface area (Å²) in [5.74, 6) is 1.37. The number of fused-ring (bicyclic) bond motifs is 3. The van der Waals surface area contributed by atoms with Gasteiger partial charge in [-0.25, -0.2) is 0 Å². The minimum atomic E-state index is -0.465. The molecule has 2 unspecified atom stereocenters. The third kappa shape index (κ3) is 2.87. The number of aliphatic hydroxyl groups excluding tert-OH is 1. The number of rotatable bonds is 3. The number of carbonyl (C=O) groups is 1. The highest BCUT2D eigenvalue weighted by molar-refractivity contribution is 5.95. The first kappa shape index (κ1) is 17.8. The Bertz CT molecular complexity index is 1060. The van der Waals surface area contributed by atoms with Gasteiger partial charge in [0.05, 0.1) is 25.7 Å². The molecule has 3 aromatic rings. The number of aryl methyl sites for hydroxylation is 1.